The minimum absolute atomic E-state index is 1.14. The average molecular weight is 603 g/mol. The van der Waals surface area contributed by atoms with E-state index in [0.29, 0.717) is 0 Å². The van der Waals surface area contributed by atoms with Crippen molar-refractivity contribution in [2.24, 2.45) is 0 Å². The molecule has 0 N–H and O–H groups in total. The number of thiophene rings is 4. The van der Waals surface area contributed by atoms with Gasteiger partial charge in [0.1, 0.15) is 7.85 Å². The van der Waals surface area contributed by atoms with Crippen LogP contribution in [0.1, 0.15) is 0 Å². The Hall–Kier alpha value is 0.0449. The van der Waals surface area contributed by atoms with Crippen LogP contribution in [0.25, 0.3) is 39.7 Å². The lowest BCUT2D eigenvalue weighted by Crippen LogP contribution is -2.07. The van der Waals surface area contributed by atoms with Gasteiger partial charge in [0.25, 0.3) is 0 Å². The standard InChI is InChI=1S/C18H8BBr3S4/c19-9-5-8(16-14(22)18-12(26-16)2-4-24-18)10(20)6-7(9)15-13(21)17-11(25-15)1-3-23-17/h1-6H,19H2. The van der Waals surface area contributed by atoms with Crippen LogP contribution in [-0.2, 0) is 0 Å². The number of halogens is 3. The van der Waals surface area contributed by atoms with E-state index in [4.69, 9.17) is 0 Å². The minimum atomic E-state index is 1.14. The number of rotatable bonds is 2. The highest BCUT2D eigenvalue weighted by Gasteiger charge is 2.19. The molecule has 0 amide bonds. The Bertz CT molecular complexity index is 1190. The molecule has 0 aliphatic heterocycles. The van der Waals surface area contributed by atoms with E-state index in [1.807, 2.05) is 22.7 Å². The van der Waals surface area contributed by atoms with E-state index in [-0.39, 0.29) is 0 Å². The smallest absolute Gasteiger partial charge is 0.140 e. The van der Waals surface area contributed by atoms with Gasteiger partial charge in [-0.25, -0.2) is 0 Å². The summed E-state index contributed by atoms with van der Waals surface area (Å²) in [5, 5.41) is 4.31. The lowest BCUT2D eigenvalue weighted by molar-refractivity contribution is 1.67. The minimum Gasteiger partial charge on any atom is -0.142 e. The van der Waals surface area contributed by atoms with E-state index in [2.05, 4.69) is 90.7 Å². The van der Waals surface area contributed by atoms with Gasteiger partial charge in [-0.3, -0.25) is 0 Å². The molecule has 0 spiro atoms. The summed E-state index contributed by atoms with van der Waals surface area (Å²) in [6.07, 6.45) is 0. The third-order valence-electron chi connectivity index (χ3n) is 4.28. The van der Waals surface area contributed by atoms with Crippen LogP contribution in [0.5, 0.6) is 0 Å². The zero-order valence-corrected chi connectivity index (χ0v) is 21.3. The molecule has 0 unspecified atom stereocenters. The van der Waals surface area contributed by atoms with Gasteiger partial charge in [0, 0.05) is 19.4 Å². The monoisotopic (exact) mass is 600 g/mol. The van der Waals surface area contributed by atoms with Gasteiger partial charge in [-0.15, -0.1) is 45.3 Å². The lowest BCUT2D eigenvalue weighted by atomic mass is 9.88. The molecule has 0 bridgehead atoms. The second-order valence-corrected chi connectivity index (χ2v) is 12.2. The van der Waals surface area contributed by atoms with Crippen LogP contribution in [0.2, 0.25) is 0 Å². The molecule has 0 nitrogen and oxygen atoms in total. The van der Waals surface area contributed by atoms with Crippen molar-refractivity contribution in [1.29, 1.82) is 0 Å². The average Bonchev–Trinajstić information content (AvgIpc) is 3.35. The normalized spacial score (nSPS) is 11.8. The van der Waals surface area contributed by atoms with Crippen LogP contribution in [0.3, 0.4) is 0 Å². The SMILES string of the molecule is Bc1cc(-c2sc3ccsc3c2Br)c(Br)cc1-c1sc2ccsc2c1Br. The molecule has 0 saturated heterocycles. The van der Waals surface area contributed by atoms with E-state index in [1.54, 1.807) is 22.7 Å². The maximum atomic E-state index is 3.84. The van der Waals surface area contributed by atoms with Crippen LogP contribution in [0.15, 0.2) is 48.4 Å². The van der Waals surface area contributed by atoms with E-state index < -0.39 is 0 Å². The predicted molar refractivity (Wildman–Crippen MR) is 135 cm³/mol. The maximum Gasteiger partial charge on any atom is 0.140 e. The van der Waals surface area contributed by atoms with Crippen molar-refractivity contribution in [3.8, 4) is 20.9 Å². The van der Waals surface area contributed by atoms with E-state index in [1.165, 1.54) is 54.1 Å². The van der Waals surface area contributed by atoms with Crippen molar-refractivity contribution in [3.05, 3.63) is 48.4 Å². The Balaban J connectivity index is 1.70. The number of hydrogen-bond acceptors (Lipinski definition) is 4. The first kappa shape index (κ1) is 18.1. The second-order valence-electron chi connectivity index (χ2n) is 5.87. The molecule has 128 valence electrons. The van der Waals surface area contributed by atoms with Gasteiger partial charge >= 0.3 is 0 Å². The Morgan fingerprint density at radius 1 is 0.731 bits per heavy atom. The molecular weight excluding hydrogens is 595 g/mol. The van der Waals surface area contributed by atoms with Crippen molar-refractivity contribution in [3.63, 3.8) is 0 Å². The lowest BCUT2D eigenvalue weighted by Gasteiger charge is -2.11. The van der Waals surface area contributed by atoms with Crippen molar-refractivity contribution in [1.82, 2.24) is 0 Å². The zero-order valence-electron chi connectivity index (χ0n) is 13.2. The van der Waals surface area contributed by atoms with Crippen molar-refractivity contribution in [2.75, 3.05) is 0 Å². The third kappa shape index (κ3) is 2.76. The van der Waals surface area contributed by atoms with Crippen LogP contribution in [0, 0.1) is 0 Å². The molecule has 0 aliphatic carbocycles. The summed E-state index contributed by atoms with van der Waals surface area (Å²) in [5.74, 6) is 0. The zero-order chi connectivity index (χ0) is 18.0. The summed E-state index contributed by atoms with van der Waals surface area (Å²) in [7, 11) is 2.20. The first-order valence-corrected chi connectivity index (χ1v) is 13.4. The molecule has 5 aromatic rings. The summed E-state index contributed by atoms with van der Waals surface area (Å²) in [4.78, 5) is 2.60. The maximum absolute atomic E-state index is 3.84. The van der Waals surface area contributed by atoms with Crippen molar-refractivity contribution >= 4 is 125 Å². The van der Waals surface area contributed by atoms with E-state index in [0.717, 1.165) is 4.47 Å². The molecule has 26 heavy (non-hydrogen) atoms. The Labute approximate surface area is 192 Å². The van der Waals surface area contributed by atoms with Gasteiger partial charge in [-0.05, 0) is 66.4 Å². The Morgan fingerprint density at radius 2 is 1.27 bits per heavy atom. The predicted octanol–water partition coefficient (Wildman–Crippen LogP) is 8.12. The van der Waals surface area contributed by atoms with Crippen molar-refractivity contribution < 1.29 is 0 Å². The Morgan fingerprint density at radius 3 is 1.81 bits per heavy atom. The van der Waals surface area contributed by atoms with Gasteiger partial charge < -0.3 is 0 Å². The van der Waals surface area contributed by atoms with Gasteiger partial charge in [0.15, 0.2) is 0 Å². The molecular formula is C18H8BBr3S4. The first-order valence-electron chi connectivity index (χ1n) is 7.66. The summed E-state index contributed by atoms with van der Waals surface area (Å²) in [6.45, 7) is 0. The van der Waals surface area contributed by atoms with Crippen LogP contribution in [-0.4, -0.2) is 7.85 Å². The van der Waals surface area contributed by atoms with E-state index in [9.17, 15) is 0 Å². The fraction of sp³-hybridized carbons (Fsp3) is 0. The molecule has 0 aliphatic rings. The quantitative estimate of drug-likeness (QED) is 0.179. The first-order chi connectivity index (χ1) is 12.5. The van der Waals surface area contributed by atoms with Crippen molar-refractivity contribution in [2.45, 2.75) is 0 Å². The molecule has 0 saturated carbocycles. The fourth-order valence-corrected chi connectivity index (χ4v) is 10.3. The van der Waals surface area contributed by atoms with Gasteiger partial charge in [0.05, 0.1) is 28.1 Å². The number of hydrogen-bond donors (Lipinski definition) is 0. The summed E-state index contributed by atoms with van der Waals surface area (Å²) >= 11 is 18.8. The molecule has 0 radical (unpaired) electrons. The van der Waals surface area contributed by atoms with E-state index >= 15 is 0 Å². The molecule has 4 aromatic heterocycles. The van der Waals surface area contributed by atoms with Crippen LogP contribution >= 0.6 is 93.1 Å². The van der Waals surface area contributed by atoms with Gasteiger partial charge in [0.2, 0.25) is 0 Å². The molecule has 8 heteroatoms. The largest absolute Gasteiger partial charge is 0.142 e. The second kappa shape index (κ2) is 6.83. The number of benzene rings is 1. The molecule has 5 rings (SSSR count). The molecule has 1 aromatic carbocycles. The third-order valence-corrected chi connectivity index (χ3v) is 12.1. The topological polar surface area (TPSA) is 0 Å². The number of fused-ring (bicyclic) bond motifs is 2. The van der Waals surface area contributed by atoms with Gasteiger partial charge in [-0.1, -0.05) is 27.5 Å². The fourth-order valence-electron chi connectivity index (χ4n) is 3.04. The highest BCUT2D eigenvalue weighted by Crippen LogP contribution is 2.48. The summed E-state index contributed by atoms with van der Waals surface area (Å²) < 4.78 is 8.91. The summed E-state index contributed by atoms with van der Waals surface area (Å²) in [5.41, 5.74) is 3.83. The van der Waals surface area contributed by atoms with Crippen LogP contribution < -0.4 is 5.46 Å². The summed E-state index contributed by atoms with van der Waals surface area (Å²) in [6, 6.07) is 8.97. The molecule has 4 heterocycles. The Kier molecular flexibility index (Phi) is 4.75. The highest BCUT2D eigenvalue weighted by atomic mass is 79.9. The highest BCUT2D eigenvalue weighted by molar-refractivity contribution is 9.11. The molecule has 0 atom stereocenters. The van der Waals surface area contributed by atoms with Gasteiger partial charge in [-0.2, -0.15) is 0 Å². The van der Waals surface area contributed by atoms with Crippen LogP contribution in [0.4, 0.5) is 0 Å². The molecule has 0 fully saturated rings.